The van der Waals surface area contributed by atoms with Crippen LogP contribution in [-0.2, 0) is 37.7 Å². The van der Waals surface area contributed by atoms with Crippen molar-refractivity contribution in [2.75, 3.05) is 19.8 Å². The molecule has 11 heteroatoms. The Bertz CT molecular complexity index is 983. The van der Waals surface area contributed by atoms with E-state index < -0.39 is 26.4 Å². The summed E-state index contributed by atoms with van der Waals surface area (Å²) in [6, 6.07) is 6.58. The molecule has 0 bridgehead atoms. The standard InChI is InChI=1S/C27H43N2O8P/c1-2-3-4-5-6-7-8-9-12-18-34-25-14-11-10-13-22(25)15-16-23-20-29-26(37-23)17-19-35-38(32,33)36-21-24(28)27(30)31/h10-11,13-14,20,24H,2-9,12,15-19,21,28H2,1H3,(H,30,31)(H,32,33)/t24-/m0/s1. The van der Waals surface area contributed by atoms with Gasteiger partial charge in [-0.2, -0.15) is 0 Å². The molecule has 2 atom stereocenters. The lowest BCUT2D eigenvalue weighted by molar-refractivity contribution is -0.139. The number of benzene rings is 1. The predicted octanol–water partition coefficient (Wildman–Crippen LogP) is 5.46. The lowest BCUT2D eigenvalue weighted by atomic mass is 10.1. The number of para-hydroxylation sites is 1. The number of rotatable bonds is 22. The molecule has 0 aliphatic rings. The highest BCUT2D eigenvalue weighted by molar-refractivity contribution is 7.47. The number of nitrogens with two attached hydrogens (primary N) is 1. The van der Waals surface area contributed by atoms with Crippen LogP contribution in [0.25, 0.3) is 0 Å². The first-order chi connectivity index (χ1) is 18.3. The number of phosphoric acid groups is 1. The Balaban J connectivity index is 1.66. The molecule has 1 heterocycles. The number of aromatic nitrogens is 1. The summed E-state index contributed by atoms with van der Waals surface area (Å²) in [5.74, 6) is 0.591. The predicted molar refractivity (Wildman–Crippen MR) is 144 cm³/mol. The summed E-state index contributed by atoms with van der Waals surface area (Å²) in [6.45, 7) is 2.12. The first-order valence-electron chi connectivity index (χ1n) is 13.5. The average molecular weight is 555 g/mol. The molecule has 0 saturated carbocycles. The van der Waals surface area contributed by atoms with Gasteiger partial charge in [-0.15, -0.1) is 0 Å². The number of aliphatic carboxylic acids is 1. The van der Waals surface area contributed by atoms with Crippen molar-refractivity contribution in [1.29, 1.82) is 0 Å². The largest absolute Gasteiger partial charge is 0.493 e. The number of carboxylic acid groups (broad SMARTS) is 1. The van der Waals surface area contributed by atoms with E-state index >= 15 is 0 Å². The second-order valence-electron chi connectivity index (χ2n) is 9.30. The molecule has 1 aromatic carbocycles. The summed E-state index contributed by atoms with van der Waals surface area (Å²) in [5, 5.41) is 8.69. The molecule has 0 aliphatic carbocycles. The maximum absolute atomic E-state index is 11.8. The molecule has 0 aliphatic heterocycles. The normalized spacial score (nSPS) is 13.8. The van der Waals surface area contributed by atoms with Crippen LogP contribution in [0.5, 0.6) is 5.75 Å². The number of phosphoric ester groups is 1. The van der Waals surface area contributed by atoms with Crippen LogP contribution >= 0.6 is 7.82 Å². The highest BCUT2D eigenvalue weighted by atomic mass is 31.2. The van der Waals surface area contributed by atoms with E-state index in [2.05, 4.69) is 16.4 Å². The van der Waals surface area contributed by atoms with Crippen LogP contribution in [-0.4, -0.2) is 46.8 Å². The van der Waals surface area contributed by atoms with E-state index in [4.69, 9.17) is 24.5 Å². The van der Waals surface area contributed by atoms with E-state index in [9.17, 15) is 14.3 Å². The fourth-order valence-electron chi connectivity index (χ4n) is 3.81. The van der Waals surface area contributed by atoms with Gasteiger partial charge in [0.05, 0.1) is 26.0 Å². The van der Waals surface area contributed by atoms with Gasteiger partial charge < -0.3 is 24.9 Å². The number of hydrogen-bond acceptors (Lipinski definition) is 8. The van der Waals surface area contributed by atoms with E-state index in [1.54, 1.807) is 6.20 Å². The van der Waals surface area contributed by atoms with Crippen molar-refractivity contribution in [3.63, 3.8) is 0 Å². The summed E-state index contributed by atoms with van der Waals surface area (Å²) >= 11 is 0. The van der Waals surface area contributed by atoms with Crippen LogP contribution in [0.4, 0.5) is 0 Å². The molecule has 1 unspecified atom stereocenters. The Morgan fingerprint density at radius 2 is 1.68 bits per heavy atom. The highest BCUT2D eigenvalue weighted by Crippen LogP contribution is 2.43. The smallest absolute Gasteiger partial charge is 0.472 e. The van der Waals surface area contributed by atoms with Crippen molar-refractivity contribution in [3.05, 3.63) is 47.7 Å². The fraction of sp³-hybridized carbons (Fsp3) is 0.630. The topological polar surface area (TPSA) is 154 Å². The van der Waals surface area contributed by atoms with Gasteiger partial charge in [-0.05, 0) is 24.5 Å². The molecule has 2 aromatic rings. The number of carboxylic acids is 1. The van der Waals surface area contributed by atoms with Gasteiger partial charge in [-0.1, -0.05) is 76.5 Å². The number of ether oxygens (including phenoxy) is 1. The zero-order valence-electron chi connectivity index (χ0n) is 22.4. The van der Waals surface area contributed by atoms with Crippen LogP contribution in [0.3, 0.4) is 0 Å². The second kappa shape index (κ2) is 18.1. The molecule has 0 spiro atoms. The van der Waals surface area contributed by atoms with Gasteiger partial charge in [0, 0.05) is 12.8 Å². The molecular formula is C27H43N2O8P. The summed E-state index contributed by atoms with van der Waals surface area (Å²) in [4.78, 5) is 24.5. The number of carbonyl (C=O) groups is 1. The molecule has 0 fully saturated rings. The minimum atomic E-state index is -4.42. The molecule has 214 valence electrons. The van der Waals surface area contributed by atoms with Gasteiger partial charge in [0.2, 0.25) is 0 Å². The third-order valence-electron chi connectivity index (χ3n) is 6.03. The van der Waals surface area contributed by atoms with Crippen LogP contribution < -0.4 is 10.5 Å². The highest BCUT2D eigenvalue weighted by Gasteiger charge is 2.24. The lowest BCUT2D eigenvalue weighted by Crippen LogP contribution is -2.34. The van der Waals surface area contributed by atoms with Crippen LogP contribution in [0.1, 0.15) is 81.9 Å². The SMILES string of the molecule is CCCCCCCCCCCOc1ccccc1CCc1cnc(CCOP(=O)(O)OC[C@H](N)C(=O)O)o1. The third kappa shape index (κ3) is 13.5. The summed E-state index contributed by atoms with van der Waals surface area (Å²) in [7, 11) is -4.42. The van der Waals surface area contributed by atoms with E-state index in [1.807, 2.05) is 24.3 Å². The summed E-state index contributed by atoms with van der Waals surface area (Å²) in [6.07, 6.45) is 14.6. The van der Waals surface area contributed by atoms with Crippen molar-refractivity contribution >= 4 is 13.8 Å². The fourth-order valence-corrected chi connectivity index (χ4v) is 4.56. The van der Waals surface area contributed by atoms with E-state index in [0.29, 0.717) is 24.7 Å². The molecule has 38 heavy (non-hydrogen) atoms. The maximum Gasteiger partial charge on any atom is 0.472 e. The summed E-state index contributed by atoms with van der Waals surface area (Å²) in [5.41, 5.74) is 6.34. The Hall–Kier alpha value is -2.23. The number of aryl methyl sites for hydroxylation is 2. The Morgan fingerprint density at radius 1 is 1.00 bits per heavy atom. The van der Waals surface area contributed by atoms with Gasteiger partial charge in [0.25, 0.3) is 0 Å². The van der Waals surface area contributed by atoms with Crippen LogP contribution in [0.15, 0.2) is 34.9 Å². The second-order valence-corrected chi connectivity index (χ2v) is 10.8. The molecule has 4 N–H and O–H groups in total. The van der Waals surface area contributed by atoms with Crippen molar-refractivity contribution < 1.29 is 37.6 Å². The number of hydrogen-bond donors (Lipinski definition) is 3. The number of oxazole rings is 1. The van der Waals surface area contributed by atoms with Crippen molar-refractivity contribution in [2.45, 2.75) is 90.0 Å². The van der Waals surface area contributed by atoms with Crippen molar-refractivity contribution in [3.8, 4) is 5.75 Å². The molecule has 0 saturated heterocycles. The van der Waals surface area contributed by atoms with Gasteiger partial charge in [0.15, 0.2) is 5.89 Å². The van der Waals surface area contributed by atoms with Gasteiger partial charge in [0.1, 0.15) is 17.6 Å². The molecule has 2 rings (SSSR count). The van der Waals surface area contributed by atoms with Crippen molar-refractivity contribution in [1.82, 2.24) is 4.98 Å². The maximum atomic E-state index is 11.8. The summed E-state index contributed by atoms with van der Waals surface area (Å²) < 4.78 is 33.0. The number of unbranched alkanes of at least 4 members (excludes halogenated alkanes) is 8. The minimum Gasteiger partial charge on any atom is -0.493 e. The molecule has 1 aromatic heterocycles. The molecular weight excluding hydrogens is 511 g/mol. The van der Waals surface area contributed by atoms with Crippen LogP contribution in [0.2, 0.25) is 0 Å². The van der Waals surface area contributed by atoms with E-state index in [1.165, 1.54) is 51.4 Å². The zero-order valence-corrected chi connectivity index (χ0v) is 23.3. The van der Waals surface area contributed by atoms with E-state index in [-0.39, 0.29) is 13.0 Å². The monoisotopic (exact) mass is 554 g/mol. The number of nitrogens with zero attached hydrogens (tertiary/aromatic N) is 1. The third-order valence-corrected chi connectivity index (χ3v) is 7.01. The van der Waals surface area contributed by atoms with Gasteiger partial charge in [-0.3, -0.25) is 13.8 Å². The Morgan fingerprint density at radius 3 is 2.39 bits per heavy atom. The minimum absolute atomic E-state index is 0.150. The Kier molecular flexibility index (Phi) is 15.3. The zero-order chi connectivity index (χ0) is 27.6. The van der Waals surface area contributed by atoms with Crippen molar-refractivity contribution in [2.24, 2.45) is 5.73 Å². The van der Waals surface area contributed by atoms with Gasteiger partial charge in [-0.25, -0.2) is 9.55 Å². The average Bonchev–Trinajstić information content (AvgIpc) is 3.35. The lowest BCUT2D eigenvalue weighted by Gasteiger charge is -2.13. The van der Waals surface area contributed by atoms with Gasteiger partial charge >= 0.3 is 13.8 Å². The Labute approximate surface area is 225 Å². The first kappa shape index (κ1) is 32.0. The molecule has 0 amide bonds. The molecule has 0 radical (unpaired) electrons. The van der Waals surface area contributed by atoms with Crippen LogP contribution in [0, 0.1) is 0 Å². The molecule has 10 nitrogen and oxygen atoms in total. The quantitative estimate of drug-likeness (QED) is 0.126. The van der Waals surface area contributed by atoms with E-state index in [0.717, 1.165) is 24.2 Å². The first-order valence-corrected chi connectivity index (χ1v) is 15.0.